The quantitative estimate of drug-likeness (QED) is 0.269. The summed E-state index contributed by atoms with van der Waals surface area (Å²) in [6.07, 6.45) is 0. The van der Waals surface area contributed by atoms with Crippen LogP contribution in [-0.2, 0) is 6.54 Å². The van der Waals surface area contributed by atoms with E-state index >= 15 is 0 Å². The number of nitro groups is 1. The zero-order valence-electron chi connectivity index (χ0n) is 22.2. The summed E-state index contributed by atoms with van der Waals surface area (Å²) in [6, 6.07) is 15.6. The fourth-order valence-corrected chi connectivity index (χ4v) is 5.06. The van der Waals surface area contributed by atoms with E-state index in [9.17, 15) is 15.4 Å². The normalized spacial score (nSPS) is 14.8. The summed E-state index contributed by atoms with van der Waals surface area (Å²) in [4.78, 5) is 17.5. The summed E-state index contributed by atoms with van der Waals surface area (Å²) < 4.78 is 13.2. The van der Waals surface area contributed by atoms with Gasteiger partial charge in [0.15, 0.2) is 5.89 Å². The number of nitriles is 1. The maximum atomic E-state index is 11.5. The lowest BCUT2D eigenvalue weighted by Crippen LogP contribution is -2.31. The first-order valence-corrected chi connectivity index (χ1v) is 12.2. The van der Waals surface area contributed by atoms with Gasteiger partial charge in [0.1, 0.15) is 28.7 Å². The number of allylic oxidation sites excluding steroid dienone is 1. The number of aromatic nitrogens is 3. The van der Waals surface area contributed by atoms with Gasteiger partial charge in [-0.25, -0.2) is 4.98 Å². The minimum absolute atomic E-state index is 0.0150. The molecule has 1 aliphatic heterocycles. The first kappa shape index (κ1) is 25.5. The van der Waals surface area contributed by atoms with E-state index in [1.165, 1.54) is 0 Å². The highest BCUT2D eigenvalue weighted by molar-refractivity contribution is 5.73. The number of oxazole rings is 1. The molecule has 4 aromatic rings. The Labute approximate surface area is 224 Å². The smallest absolute Gasteiger partial charge is 0.312 e. The molecule has 2 N–H and O–H groups in total. The molecule has 198 valence electrons. The third-order valence-electron chi connectivity index (χ3n) is 6.92. The summed E-state index contributed by atoms with van der Waals surface area (Å²) in [7, 11) is 1.56. The Morgan fingerprint density at radius 3 is 2.51 bits per heavy atom. The second-order valence-electron chi connectivity index (χ2n) is 9.44. The van der Waals surface area contributed by atoms with E-state index in [1.807, 2.05) is 43.3 Å². The van der Waals surface area contributed by atoms with Crippen molar-refractivity contribution in [2.24, 2.45) is 5.73 Å². The van der Waals surface area contributed by atoms with Crippen molar-refractivity contribution in [1.29, 1.82) is 5.26 Å². The number of nitrogens with zero attached hydrogens (tertiary/aromatic N) is 6. The fourth-order valence-electron chi connectivity index (χ4n) is 5.06. The summed E-state index contributed by atoms with van der Waals surface area (Å²) in [5.74, 6) is 1.13. The number of benzene rings is 2. The van der Waals surface area contributed by atoms with Gasteiger partial charge in [0, 0.05) is 12.5 Å². The van der Waals surface area contributed by atoms with Crippen LogP contribution in [0.5, 0.6) is 5.75 Å². The van der Waals surface area contributed by atoms with E-state index in [0.717, 1.165) is 22.4 Å². The van der Waals surface area contributed by atoms with Gasteiger partial charge in [0.2, 0.25) is 5.88 Å². The highest BCUT2D eigenvalue weighted by atomic mass is 16.6. The predicted molar refractivity (Wildman–Crippen MR) is 144 cm³/mol. The molecule has 0 radical (unpaired) electrons. The lowest BCUT2D eigenvalue weighted by atomic mass is 9.85. The maximum Gasteiger partial charge on any atom is 0.312 e. The van der Waals surface area contributed by atoms with E-state index in [2.05, 4.69) is 16.2 Å². The van der Waals surface area contributed by atoms with Crippen LogP contribution in [-0.4, -0.2) is 26.8 Å². The van der Waals surface area contributed by atoms with Gasteiger partial charge in [-0.2, -0.15) is 10.4 Å². The van der Waals surface area contributed by atoms with Crippen LogP contribution < -0.4 is 15.4 Å². The average molecular weight is 526 g/mol. The molecule has 1 atom stereocenters. The lowest BCUT2D eigenvalue weighted by Gasteiger charge is -2.31. The number of aryl methyl sites for hydroxylation is 3. The van der Waals surface area contributed by atoms with Crippen LogP contribution >= 0.6 is 0 Å². The predicted octanol–water partition coefficient (Wildman–Crippen LogP) is 5.05. The number of hydrogen-bond acceptors (Lipinski definition) is 9. The second-order valence-corrected chi connectivity index (χ2v) is 9.44. The van der Waals surface area contributed by atoms with Crippen LogP contribution in [0.4, 0.5) is 17.3 Å². The zero-order valence-corrected chi connectivity index (χ0v) is 22.2. The average Bonchev–Trinajstić information content (AvgIpc) is 3.41. The van der Waals surface area contributed by atoms with Gasteiger partial charge in [-0.1, -0.05) is 23.8 Å². The molecule has 0 bridgehead atoms. The van der Waals surface area contributed by atoms with Gasteiger partial charge < -0.3 is 14.9 Å². The van der Waals surface area contributed by atoms with Crippen LogP contribution in [0.2, 0.25) is 0 Å². The van der Waals surface area contributed by atoms with Gasteiger partial charge in [-0.05, 0) is 50.6 Å². The van der Waals surface area contributed by atoms with Gasteiger partial charge in [0.05, 0.1) is 41.8 Å². The van der Waals surface area contributed by atoms with Crippen LogP contribution in [0.3, 0.4) is 0 Å². The minimum Gasteiger partial charge on any atom is -0.496 e. The Morgan fingerprint density at radius 2 is 1.90 bits per heavy atom. The van der Waals surface area contributed by atoms with Crippen LogP contribution in [0.1, 0.15) is 45.6 Å². The fraction of sp³-hybridized carbons (Fsp3) is 0.250. The highest BCUT2D eigenvalue weighted by Gasteiger charge is 2.38. The largest absolute Gasteiger partial charge is 0.496 e. The molecule has 0 amide bonds. The molecule has 0 aliphatic carbocycles. The van der Waals surface area contributed by atoms with Gasteiger partial charge in [0.25, 0.3) is 0 Å². The van der Waals surface area contributed by atoms with Gasteiger partial charge >= 0.3 is 5.69 Å². The Hall–Kier alpha value is -5.11. The standard InChI is InChI=1S/C28H27N7O4/c1-15-6-9-21(10-7-15)34-27(30)22(13-29)24(25-28(34)39-18(4)31-25)19-8-11-23(38-5)20(12-19)14-33-17(3)26(35(36)37)16(2)32-33/h6-12,24H,14,30H2,1-5H3. The third-order valence-corrected chi connectivity index (χ3v) is 6.92. The molecule has 0 fully saturated rings. The monoisotopic (exact) mass is 525 g/mol. The molecule has 5 rings (SSSR count). The lowest BCUT2D eigenvalue weighted by molar-refractivity contribution is -0.386. The highest BCUT2D eigenvalue weighted by Crippen LogP contribution is 2.47. The number of nitrogens with two attached hydrogens (primary N) is 1. The van der Waals surface area contributed by atoms with Crippen LogP contribution in [0.15, 0.2) is 58.3 Å². The summed E-state index contributed by atoms with van der Waals surface area (Å²) in [5, 5.41) is 26.2. The Balaban J connectivity index is 1.64. The SMILES string of the molecule is COc1ccc(C2C(C#N)=C(N)N(c3ccc(C)cc3)c3oc(C)nc32)cc1Cn1nc(C)c([N+](=O)[O-])c1C. The Bertz CT molecular complexity index is 1680. The van der Waals surface area contributed by atoms with Crippen molar-refractivity contribution in [3.63, 3.8) is 0 Å². The topological polar surface area (TPSA) is 149 Å². The third kappa shape index (κ3) is 4.25. The van der Waals surface area contributed by atoms with E-state index < -0.39 is 10.8 Å². The number of fused-ring (bicyclic) bond motifs is 1. The molecule has 0 spiro atoms. The van der Waals surface area contributed by atoms with Crippen molar-refractivity contribution in [2.75, 3.05) is 12.0 Å². The molecule has 2 aromatic heterocycles. The molecular formula is C28H27N7O4. The summed E-state index contributed by atoms with van der Waals surface area (Å²) >= 11 is 0. The molecule has 1 aliphatic rings. The number of methoxy groups -OCH3 is 1. The molecular weight excluding hydrogens is 498 g/mol. The van der Waals surface area contributed by atoms with E-state index in [4.69, 9.17) is 14.9 Å². The molecule has 1 unspecified atom stereocenters. The Morgan fingerprint density at radius 1 is 1.18 bits per heavy atom. The summed E-state index contributed by atoms with van der Waals surface area (Å²) in [6.45, 7) is 7.24. The van der Waals surface area contributed by atoms with Gasteiger partial charge in [-0.3, -0.25) is 19.7 Å². The first-order valence-electron chi connectivity index (χ1n) is 12.2. The molecule has 11 heteroatoms. The molecule has 0 saturated carbocycles. The zero-order chi connectivity index (χ0) is 28.0. The number of ether oxygens (including phenoxy) is 1. The molecule has 11 nitrogen and oxygen atoms in total. The number of hydrogen-bond donors (Lipinski definition) is 1. The van der Waals surface area contributed by atoms with E-state index in [0.29, 0.717) is 40.2 Å². The molecule has 3 heterocycles. The number of anilines is 2. The summed E-state index contributed by atoms with van der Waals surface area (Å²) in [5.41, 5.74) is 11.6. The minimum atomic E-state index is -0.594. The van der Waals surface area contributed by atoms with Crippen molar-refractivity contribution in [3.05, 3.63) is 104 Å². The molecule has 0 saturated heterocycles. The van der Waals surface area contributed by atoms with Gasteiger partial charge in [-0.15, -0.1) is 0 Å². The van der Waals surface area contributed by atoms with Crippen molar-refractivity contribution in [1.82, 2.24) is 14.8 Å². The van der Waals surface area contributed by atoms with Crippen LogP contribution in [0.25, 0.3) is 0 Å². The Kier molecular flexibility index (Phi) is 6.32. The van der Waals surface area contributed by atoms with E-state index in [1.54, 1.807) is 43.5 Å². The maximum absolute atomic E-state index is 11.5. The van der Waals surface area contributed by atoms with Crippen molar-refractivity contribution in [2.45, 2.75) is 40.2 Å². The van der Waals surface area contributed by atoms with Crippen molar-refractivity contribution < 1.29 is 14.1 Å². The van der Waals surface area contributed by atoms with Crippen molar-refractivity contribution >= 4 is 17.3 Å². The molecule has 2 aromatic carbocycles. The number of rotatable bonds is 6. The molecule has 39 heavy (non-hydrogen) atoms. The van der Waals surface area contributed by atoms with E-state index in [-0.39, 0.29) is 18.1 Å². The van der Waals surface area contributed by atoms with Crippen molar-refractivity contribution in [3.8, 4) is 11.8 Å². The first-order chi connectivity index (χ1) is 18.6. The van der Waals surface area contributed by atoms with Crippen LogP contribution in [0, 0.1) is 49.1 Å². The second kappa shape index (κ2) is 9.64.